The van der Waals surface area contributed by atoms with E-state index in [-0.39, 0.29) is 16.8 Å². The molecule has 0 aliphatic carbocycles. The Kier molecular flexibility index (Phi) is 3.92. The van der Waals surface area contributed by atoms with Crippen LogP contribution in [0.3, 0.4) is 0 Å². The van der Waals surface area contributed by atoms with E-state index in [1.807, 2.05) is 6.92 Å². The highest BCUT2D eigenvalue weighted by Gasteiger charge is 2.21. The molecule has 0 aliphatic heterocycles. The average Bonchev–Trinajstić information content (AvgIpc) is 3.00. The van der Waals surface area contributed by atoms with Crippen molar-refractivity contribution in [3.8, 4) is 0 Å². The Balaban J connectivity index is 2.17. The summed E-state index contributed by atoms with van der Waals surface area (Å²) in [4.78, 5) is 18.7. The number of benzene rings is 2. The number of ether oxygens (including phenoxy) is 1. The van der Waals surface area contributed by atoms with Gasteiger partial charge in [0.1, 0.15) is 5.52 Å². The Morgan fingerprint density at radius 3 is 2.87 bits per heavy atom. The van der Waals surface area contributed by atoms with Gasteiger partial charge in [0.2, 0.25) is 0 Å². The van der Waals surface area contributed by atoms with Gasteiger partial charge in [0.25, 0.3) is 0 Å². The van der Waals surface area contributed by atoms with Gasteiger partial charge in [-0.15, -0.1) is 0 Å². The zero-order valence-electron chi connectivity index (χ0n) is 12.4. The molecule has 0 spiro atoms. The Morgan fingerprint density at radius 2 is 2.17 bits per heavy atom. The standard InChI is InChI=1S/C16H13ClFN3O2/c1-8-5-9(17)3-4-11(8)21-14-10(16(22)23-2)6-12-15(13(14)18)20-7-19-12/h3-7,21H,1-2H3,(H,19,20). The number of esters is 1. The highest BCUT2D eigenvalue weighted by atomic mass is 35.5. The fourth-order valence-corrected chi connectivity index (χ4v) is 2.56. The van der Waals surface area contributed by atoms with Crippen LogP contribution in [0.25, 0.3) is 11.0 Å². The van der Waals surface area contributed by atoms with E-state index >= 15 is 0 Å². The minimum atomic E-state index is -0.644. The van der Waals surface area contributed by atoms with Crippen LogP contribution in [-0.2, 0) is 4.74 Å². The number of carbonyl (C=O) groups excluding carboxylic acids is 1. The molecular formula is C16H13ClFN3O2. The summed E-state index contributed by atoms with van der Waals surface area (Å²) in [5.41, 5.74) is 2.11. The molecule has 3 aromatic rings. The van der Waals surface area contributed by atoms with Crippen molar-refractivity contribution in [2.75, 3.05) is 12.4 Å². The monoisotopic (exact) mass is 333 g/mol. The number of aryl methyl sites for hydroxylation is 1. The number of carbonyl (C=O) groups is 1. The van der Waals surface area contributed by atoms with Gasteiger partial charge in [0.15, 0.2) is 5.82 Å². The maximum atomic E-state index is 14.8. The maximum Gasteiger partial charge on any atom is 0.340 e. The highest BCUT2D eigenvalue weighted by Crippen LogP contribution is 2.32. The summed E-state index contributed by atoms with van der Waals surface area (Å²) in [7, 11) is 1.24. The van der Waals surface area contributed by atoms with Crippen LogP contribution in [0.1, 0.15) is 15.9 Å². The fourth-order valence-electron chi connectivity index (χ4n) is 2.34. The van der Waals surface area contributed by atoms with E-state index in [2.05, 4.69) is 15.3 Å². The number of H-pyrrole nitrogens is 1. The molecule has 23 heavy (non-hydrogen) atoms. The largest absolute Gasteiger partial charge is 0.465 e. The lowest BCUT2D eigenvalue weighted by Crippen LogP contribution is -2.08. The lowest BCUT2D eigenvalue weighted by Gasteiger charge is -2.14. The highest BCUT2D eigenvalue weighted by molar-refractivity contribution is 6.30. The summed E-state index contributed by atoms with van der Waals surface area (Å²) >= 11 is 5.93. The number of methoxy groups -OCH3 is 1. The fraction of sp³-hybridized carbons (Fsp3) is 0.125. The first-order valence-electron chi connectivity index (χ1n) is 6.78. The second-order valence-corrected chi connectivity index (χ2v) is 5.42. The van der Waals surface area contributed by atoms with E-state index in [4.69, 9.17) is 16.3 Å². The third-order valence-electron chi connectivity index (χ3n) is 3.51. The Morgan fingerprint density at radius 1 is 1.39 bits per heavy atom. The van der Waals surface area contributed by atoms with Gasteiger partial charge in [-0.3, -0.25) is 0 Å². The van der Waals surface area contributed by atoms with Crippen LogP contribution in [0, 0.1) is 12.7 Å². The molecule has 0 saturated heterocycles. The second-order valence-electron chi connectivity index (χ2n) is 4.99. The molecule has 0 saturated carbocycles. The Labute approximate surface area is 136 Å². The number of hydrogen-bond acceptors (Lipinski definition) is 4. The van der Waals surface area contributed by atoms with Crippen LogP contribution in [0.5, 0.6) is 0 Å². The van der Waals surface area contributed by atoms with Gasteiger partial charge in [0, 0.05) is 10.7 Å². The number of aromatic nitrogens is 2. The lowest BCUT2D eigenvalue weighted by molar-refractivity contribution is 0.0601. The molecule has 0 fully saturated rings. The summed E-state index contributed by atoms with van der Waals surface area (Å²) < 4.78 is 19.5. The van der Waals surface area contributed by atoms with Crippen LogP contribution in [0.4, 0.5) is 15.8 Å². The van der Waals surface area contributed by atoms with Crippen molar-refractivity contribution < 1.29 is 13.9 Å². The smallest absolute Gasteiger partial charge is 0.340 e. The van der Waals surface area contributed by atoms with E-state index in [0.717, 1.165) is 5.56 Å². The average molecular weight is 334 g/mol. The van der Waals surface area contributed by atoms with Crippen molar-refractivity contribution in [2.24, 2.45) is 0 Å². The first-order chi connectivity index (χ1) is 11.0. The number of aromatic amines is 1. The third kappa shape index (κ3) is 2.73. The van der Waals surface area contributed by atoms with Gasteiger partial charge in [-0.2, -0.15) is 0 Å². The van der Waals surface area contributed by atoms with Crippen LogP contribution >= 0.6 is 11.6 Å². The first-order valence-corrected chi connectivity index (χ1v) is 7.16. The van der Waals surface area contributed by atoms with Crippen LogP contribution in [0.2, 0.25) is 5.02 Å². The number of rotatable bonds is 3. The van der Waals surface area contributed by atoms with Gasteiger partial charge in [-0.1, -0.05) is 11.6 Å². The van der Waals surface area contributed by atoms with Gasteiger partial charge < -0.3 is 15.0 Å². The predicted octanol–water partition coefficient (Wildman–Crippen LogP) is 4.19. The van der Waals surface area contributed by atoms with Crippen LogP contribution < -0.4 is 5.32 Å². The van der Waals surface area contributed by atoms with Gasteiger partial charge >= 0.3 is 5.97 Å². The quantitative estimate of drug-likeness (QED) is 0.705. The SMILES string of the molecule is COC(=O)c1cc2[nH]cnc2c(F)c1Nc1ccc(Cl)cc1C. The second kappa shape index (κ2) is 5.89. The molecule has 3 rings (SSSR count). The molecule has 1 heterocycles. The number of nitrogens with zero attached hydrogens (tertiary/aromatic N) is 1. The number of fused-ring (bicyclic) bond motifs is 1. The van der Waals surface area contributed by atoms with E-state index in [9.17, 15) is 9.18 Å². The minimum absolute atomic E-state index is 0.0156. The van der Waals surface area contributed by atoms with Crippen molar-refractivity contribution in [3.05, 3.63) is 52.6 Å². The molecular weight excluding hydrogens is 321 g/mol. The summed E-state index contributed by atoms with van der Waals surface area (Å²) in [6, 6.07) is 6.64. The van der Waals surface area contributed by atoms with Crippen LogP contribution in [0.15, 0.2) is 30.6 Å². The topological polar surface area (TPSA) is 67.0 Å². The Hall–Kier alpha value is -2.60. The number of anilines is 2. The number of imidazole rings is 1. The van der Waals surface area contributed by atoms with E-state index in [0.29, 0.717) is 16.2 Å². The molecule has 0 bridgehead atoms. The van der Waals surface area contributed by atoms with Crippen molar-refractivity contribution in [1.29, 1.82) is 0 Å². The molecule has 0 aliphatic rings. The summed E-state index contributed by atoms with van der Waals surface area (Å²) in [6.45, 7) is 1.83. The molecule has 118 valence electrons. The van der Waals surface area contributed by atoms with Gasteiger partial charge in [-0.25, -0.2) is 14.2 Å². The third-order valence-corrected chi connectivity index (χ3v) is 3.74. The van der Waals surface area contributed by atoms with Crippen molar-refractivity contribution in [2.45, 2.75) is 6.92 Å². The molecule has 0 radical (unpaired) electrons. The maximum absolute atomic E-state index is 14.8. The van der Waals surface area contributed by atoms with E-state index in [1.165, 1.54) is 19.5 Å². The van der Waals surface area contributed by atoms with E-state index < -0.39 is 11.8 Å². The first kappa shape index (κ1) is 15.3. The summed E-state index contributed by atoms with van der Waals surface area (Å²) in [5.74, 6) is -1.27. The van der Waals surface area contributed by atoms with Crippen LogP contribution in [-0.4, -0.2) is 23.0 Å². The lowest BCUT2D eigenvalue weighted by atomic mass is 10.1. The number of nitrogens with one attached hydrogen (secondary N) is 2. The van der Waals surface area contributed by atoms with Crippen molar-refractivity contribution >= 4 is 40.0 Å². The molecule has 0 atom stereocenters. The molecule has 5 nitrogen and oxygen atoms in total. The number of hydrogen-bond donors (Lipinski definition) is 2. The zero-order chi connectivity index (χ0) is 16.6. The molecule has 1 aromatic heterocycles. The summed E-state index contributed by atoms with van der Waals surface area (Å²) in [5, 5.41) is 3.52. The molecule has 0 unspecified atom stereocenters. The molecule has 7 heteroatoms. The molecule has 2 N–H and O–H groups in total. The molecule has 2 aromatic carbocycles. The van der Waals surface area contributed by atoms with Gasteiger partial charge in [0.05, 0.1) is 30.2 Å². The molecule has 0 amide bonds. The van der Waals surface area contributed by atoms with Crippen molar-refractivity contribution in [1.82, 2.24) is 9.97 Å². The Bertz CT molecular complexity index is 908. The minimum Gasteiger partial charge on any atom is -0.465 e. The van der Waals surface area contributed by atoms with Crippen molar-refractivity contribution in [3.63, 3.8) is 0 Å². The normalized spacial score (nSPS) is 10.8. The number of halogens is 2. The zero-order valence-corrected chi connectivity index (χ0v) is 13.2. The van der Waals surface area contributed by atoms with E-state index in [1.54, 1.807) is 18.2 Å². The predicted molar refractivity (Wildman–Crippen MR) is 86.9 cm³/mol. The van der Waals surface area contributed by atoms with Gasteiger partial charge in [-0.05, 0) is 36.8 Å². The summed E-state index contributed by atoms with van der Waals surface area (Å²) in [6.07, 6.45) is 1.37.